The van der Waals surface area contributed by atoms with Gasteiger partial charge in [0.15, 0.2) is 0 Å². The number of para-hydroxylation sites is 3. The zero-order valence-electron chi connectivity index (χ0n) is 30.7. The molecule has 0 amide bonds. The van der Waals surface area contributed by atoms with E-state index in [2.05, 4.69) is 228 Å². The molecule has 2 nitrogen and oxygen atoms in total. The SMILES string of the molecule is c1ccc(N(c2ccc(-c3ccc(-n4c5ccccc5c5ccccc54)cc3)cc2)c2ccc(-c3cc4ccccc4c4c3ccc3ccccc34)cc2)cc1. The lowest BCUT2D eigenvalue weighted by molar-refractivity contribution is 1.18. The molecule has 262 valence electrons. The van der Waals surface area contributed by atoms with Crippen molar-refractivity contribution in [3.05, 3.63) is 218 Å². The van der Waals surface area contributed by atoms with Gasteiger partial charge in [-0.15, -0.1) is 0 Å². The highest BCUT2D eigenvalue weighted by molar-refractivity contribution is 6.24. The molecule has 1 aromatic heterocycles. The van der Waals surface area contributed by atoms with Crippen molar-refractivity contribution in [2.45, 2.75) is 0 Å². The van der Waals surface area contributed by atoms with Gasteiger partial charge in [0.2, 0.25) is 0 Å². The molecule has 0 saturated carbocycles. The maximum absolute atomic E-state index is 2.37. The summed E-state index contributed by atoms with van der Waals surface area (Å²) in [7, 11) is 0. The van der Waals surface area contributed by atoms with E-state index in [1.165, 1.54) is 76.4 Å². The van der Waals surface area contributed by atoms with Crippen molar-refractivity contribution in [1.82, 2.24) is 4.57 Å². The summed E-state index contributed by atoms with van der Waals surface area (Å²) in [6.07, 6.45) is 0. The van der Waals surface area contributed by atoms with Gasteiger partial charge in [0, 0.05) is 33.5 Å². The molecular weight excluding hydrogens is 677 g/mol. The molecule has 10 aromatic carbocycles. The van der Waals surface area contributed by atoms with Crippen LogP contribution in [0.25, 0.3) is 82.1 Å². The number of hydrogen-bond donors (Lipinski definition) is 0. The minimum atomic E-state index is 1.11. The predicted molar refractivity (Wildman–Crippen MR) is 239 cm³/mol. The third kappa shape index (κ3) is 5.26. The second kappa shape index (κ2) is 13.2. The first kappa shape index (κ1) is 32.0. The van der Waals surface area contributed by atoms with Crippen LogP contribution in [-0.2, 0) is 0 Å². The first-order valence-electron chi connectivity index (χ1n) is 19.3. The average molecular weight is 713 g/mol. The van der Waals surface area contributed by atoms with Gasteiger partial charge in [-0.25, -0.2) is 0 Å². The molecule has 0 radical (unpaired) electrons. The van der Waals surface area contributed by atoms with Crippen LogP contribution >= 0.6 is 0 Å². The summed E-state index contributed by atoms with van der Waals surface area (Å²) in [6, 6.07) is 79.3. The first-order chi connectivity index (χ1) is 27.8. The van der Waals surface area contributed by atoms with Gasteiger partial charge in [-0.05, 0) is 121 Å². The Kier molecular flexibility index (Phi) is 7.53. The number of anilines is 3. The van der Waals surface area contributed by atoms with E-state index in [4.69, 9.17) is 0 Å². The fraction of sp³-hybridized carbons (Fsp3) is 0. The van der Waals surface area contributed by atoms with E-state index in [-0.39, 0.29) is 0 Å². The van der Waals surface area contributed by atoms with Gasteiger partial charge >= 0.3 is 0 Å². The van der Waals surface area contributed by atoms with Gasteiger partial charge < -0.3 is 9.47 Å². The van der Waals surface area contributed by atoms with Crippen LogP contribution in [0, 0.1) is 0 Å². The van der Waals surface area contributed by atoms with Crippen LogP contribution in [0.3, 0.4) is 0 Å². The predicted octanol–water partition coefficient (Wildman–Crippen LogP) is 15.0. The molecule has 0 aliphatic rings. The Morgan fingerprint density at radius 3 is 1.39 bits per heavy atom. The van der Waals surface area contributed by atoms with Gasteiger partial charge in [-0.2, -0.15) is 0 Å². The largest absolute Gasteiger partial charge is 0.311 e. The van der Waals surface area contributed by atoms with Crippen molar-refractivity contribution in [1.29, 1.82) is 0 Å². The van der Waals surface area contributed by atoms with Gasteiger partial charge in [-0.1, -0.05) is 152 Å². The van der Waals surface area contributed by atoms with Crippen LogP contribution < -0.4 is 4.90 Å². The molecule has 56 heavy (non-hydrogen) atoms. The van der Waals surface area contributed by atoms with Crippen LogP contribution in [0.5, 0.6) is 0 Å². The summed E-state index contributed by atoms with van der Waals surface area (Å²) in [4.78, 5) is 2.34. The Bertz CT molecular complexity index is 3140. The smallest absolute Gasteiger partial charge is 0.0541 e. The number of nitrogens with zero attached hydrogens (tertiary/aromatic N) is 2. The van der Waals surface area contributed by atoms with E-state index in [0.29, 0.717) is 0 Å². The lowest BCUT2D eigenvalue weighted by Crippen LogP contribution is -2.09. The summed E-state index contributed by atoms with van der Waals surface area (Å²) in [6.45, 7) is 0. The number of rotatable bonds is 6. The molecule has 0 spiro atoms. The molecule has 0 fully saturated rings. The molecule has 0 saturated heterocycles. The van der Waals surface area contributed by atoms with E-state index in [9.17, 15) is 0 Å². The highest BCUT2D eigenvalue weighted by atomic mass is 15.1. The second-order valence-electron chi connectivity index (χ2n) is 14.5. The third-order valence-electron chi connectivity index (χ3n) is 11.4. The van der Waals surface area contributed by atoms with E-state index >= 15 is 0 Å². The molecule has 0 unspecified atom stereocenters. The lowest BCUT2D eigenvalue weighted by atomic mass is 9.90. The first-order valence-corrected chi connectivity index (χ1v) is 19.3. The Morgan fingerprint density at radius 2 is 0.768 bits per heavy atom. The molecule has 11 aromatic rings. The van der Waals surface area contributed by atoms with Crippen molar-refractivity contribution in [2.24, 2.45) is 0 Å². The number of benzene rings is 10. The lowest BCUT2D eigenvalue weighted by Gasteiger charge is -2.26. The molecule has 1 heterocycles. The van der Waals surface area contributed by atoms with Crippen molar-refractivity contribution in [3.8, 4) is 27.9 Å². The second-order valence-corrected chi connectivity index (χ2v) is 14.5. The summed E-state index contributed by atoms with van der Waals surface area (Å²) < 4.78 is 2.37. The molecule has 0 aliphatic heterocycles. The van der Waals surface area contributed by atoms with Crippen molar-refractivity contribution in [3.63, 3.8) is 0 Å². The Balaban J connectivity index is 0.948. The summed E-state index contributed by atoms with van der Waals surface area (Å²) in [5.41, 5.74) is 11.8. The third-order valence-corrected chi connectivity index (χ3v) is 11.4. The Labute approximate surface area is 325 Å². The number of aromatic nitrogens is 1. The molecule has 2 heteroatoms. The van der Waals surface area contributed by atoms with E-state index < -0.39 is 0 Å². The molecule has 0 N–H and O–H groups in total. The summed E-state index contributed by atoms with van der Waals surface area (Å²) in [5, 5.41) is 10.2. The molecule has 11 rings (SSSR count). The van der Waals surface area contributed by atoms with Crippen LogP contribution in [0.2, 0.25) is 0 Å². The normalized spacial score (nSPS) is 11.6. The Morgan fingerprint density at radius 1 is 0.304 bits per heavy atom. The summed E-state index contributed by atoms with van der Waals surface area (Å²) in [5.74, 6) is 0. The minimum absolute atomic E-state index is 1.11. The zero-order chi connectivity index (χ0) is 37.0. The highest BCUT2D eigenvalue weighted by Crippen LogP contribution is 2.41. The fourth-order valence-electron chi connectivity index (χ4n) is 8.73. The van der Waals surface area contributed by atoms with Gasteiger partial charge in [0.05, 0.1) is 11.0 Å². The van der Waals surface area contributed by atoms with Crippen LogP contribution in [-0.4, -0.2) is 4.57 Å². The molecular formula is C54H36N2. The van der Waals surface area contributed by atoms with Gasteiger partial charge in [-0.3, -0.25) is 0 Å². The van der Waals surface area contributed by atoms with E-state index in [1.807, 2.05) is 0 Å². The number of fused-ring (bicyclic) bond motifs is 8. The minimum Gasteiger partial charge on any atom is -0.311 e. The Hall–Kier alpha value is -7.42. The fourth-order valence-corrected chi connectivity index (χ4v) is 8.73. The van der Waals surface area contributed by atoms with E-state index in [1.54, 1.807) is 0 Å². The number of hydrogen-bond acceptors (Lipinski definition) is 1. The molecule has 0 aliphatic carbocycles. The zero-order valence-corrected chi connectivity index (χ0v) is 30.7. The summed E-state index contributed by atoms with van der Waals surface area (Å²) >= 11 is 0. The van der Waals surface area contributed by atoms with Crippen molar-refractivity contribution >= 4 is 71.2 Å². The topological polar surface area (TPSA) is 8.17 Å². The maximum atomic E-state index is 2.37. The highest BCUT2D eigenvalue weighted by Gasteiger charge is 2.16. The standard InChI is InChI=1S/C54H36N2/c1-2-14-42(15-3-1)55(44-33-26-40(27-34-44)51-36-41-13-5-7-17-47(41)54-46-16-6-4-12-39(46)28-35-50(51)54)43-29-22-37(23-30-43)38-24-31-45(32-25-38)56-52-20-10-8-18-48(52)49-19-9-11-21-53(49)56/h1-36H. The average Bonchev–Trinajstić information content (AvgIpc) is 3.61. The van der Waals surface area contributed by atoms with Crippen LogP contribution in [0.1, 0.15) is 0 Å². The molecule has 0 atom stereocenters. The van der Waals surface area contributed by atoms with E-state index in [0.717, 1.165) is 22.7 Å². The van der Waals surface area contributed by atoms with Crippen molar-refractivity contribution < 1.29 is 0 Å². The quantitative estimate of drug-likeness (QED) is 0.156. The van der Waals surface area contributed by atoms with Crippen LogP contribution in [0.4, 0.5) is 17.1 Å². The monoisotopic (exact) mass is 712 g/mol. The molecule has 0 bridgehead atoms. The van der Waals surface area contributed by atoms with Crippen molar-refractivity contribution in [2.75, 3.05) is 4.90 Å². The maximum Gasteiger partial charge on any atom is 0.0541 e. The van der Waals surface area contributed by atoms with Gasteiger partial charge in [0.1, 0.15) is 0 Å². The van der Waals surface area contributed by atoms with Crippen LogP contribution in [0.15, 0.2) is 218 Å². The van der Waals surface area contributed by atoms with Gasteiger partial charge in [0.25, 0.3) is 0 Å².